The first-order valence-electron chi connectivity index (χ1n) is 7.99. The van der Waals surface area contributed by atoms with Gasteiger partial charge in [-0.15, -0.1) is 45.5 Å². The summed E-state index contributed by atoms with van der Waals surface area (Å²) in [6, 6.07) is 0. The molecule has 0 atom stereocenters. The number of aryl methyl sites for hydroxylation is 1. The van der Waals surface area contributed by atoms with Crippen molar-refractivity contribution in [2.45, 2.75) is 20.0 Å². The smallest absolute Gasteiger partial charge is 0.192 e. The molecule has 0 saturated carbocycles. The van der Waals surface area contributed by atoms with Gasteiger partial charge in [0, 0.05) is 40.2 Å². The van der Waals surface area contributed by atoms with E-state index >= 15 is 0 Å². The van der Waals surface area contributed by atoms with E-state index in [9.17, 15) is 0 Å². The van der Waals surface area contributed by atoms with Crippen molar-refractivity contribution in [3.05, 3.63) is 22.7 Å². The highest BCUT2D eigenvalue weighted by molar-refractivity contribution is 14.0. The third-order valence-electron chi connectivity index (χ3n) is 3.52. The van der Waals surface area contributed by atoms with E-state index in [0.717, 1.165) is 22.5 Å². The predicted octanol–water partition coefficient (Wildman–Crippen LogP) is 1.15. The average molecular weight is 494 g/mol. The average Bonchev–Trinajstić information content (AvgIpc) is 3.18. The summed E-state index contributed by atoms with van der Waals surface area (Å²) in [7, 11) is 7.58. The molecule has 0 amide bonds. The number of hydrogen-bond donors (Lipinski definition) is 2. The molecule has 0 fully saturated rings. The summed E-state index contributed by atoms with van der Waals surface area (Å²) in [5.41, 5.74) is 0.941. The molecule has 2 rings (SSSR count). The number of hydrogen-bond acceptors (Lipinski definition) is 7. The van der Waals surface area contributed by atoms with Crippen molar-refractivity contribution in [1.82, 2.24) is 30.4 Å². The Morgan fingerprint density at radius 3 is 2.69 bits per heavy atom. The molecule has 0 aromatic carbocycles. The van der Waals surface area contributed by atoms with Gasteiger partial charge in [0.05, 0.1) is 25.4 Å². The number of nitrogens with one attached hydrogen (secondary N) is 2. The lowest BCUT2D eigenvalue weighted by Crippen LogP contribution is -2.39. The fourth-order valence-electron chi connectivity index (χ4n) is 1.95. The van der Waals surface area contributed by atoms with Crippen molar-refractivity contribution in [2.75, 3.05) is 39.3 Å². The van der Waals surface area contributed by atoms with Crippen LogP contribution in [0.1, 0.15) is 17.3 Å². The number of aliphatic imine (C=N–C) groups is 1. The third-order valence-corrected chi connectivity index (χ3v) is 4.57. The number of ether oxygens (including phenoxy) is 1. The number of rotatable bonds is 8. The Hall–Kier alpha value is -1.47. The second-order valence-electron chi connectivity index (χ2n) is 5.68. The first-order chi connectivity index (χ1) is 12.0. The van der Waals surface area contributed by atoms with Crippen LogP contribution in [0.2, 0.25) is 0 Å². The zero-order chi connectivity index (χ0) is 18.2. The van der Waals surface area contributed by atoms with Crippen molar-refractivity contribution in [3.63, 3.8) is 0 Å². The Balaban J connectivity index is 0.00000338. The van der Waals surface area contributed by atoms with Crippen LogP contribution >= 0.6 is 35.3 Å². The lowest BCUT2D eigenvalue weighted by molar-refractivity contribution is 0.203. The van der Waals surface area contributed by atoms with Crippen LogP contribution < -0.4 is 15.5 Å². The van der Waals surface area contributed by atoms with E-state index in [2.05, 4.69) is 30.8 Å². The predicted molar refractivity (Wildman–Crippen MR) is 115 cm³/mol. The molecular formula is C15H27IN8OS. The van der Waals surface area contributed by atoms with Gasteiger partial charge in [-0.05, 0) is 6.92 Å². The summed E-state index contributed by atoms with van der Waals surface area (Å²) >= 11 is 1.61. The summed E-state index contributed by atoms with van der Waals surface area (Å²) in [5, 5.41) is 17.7. The van der Waals surface area contributed by atoms with E-state index in [1.54, 1.807) is 18.4 Å². The zero-order valence-electron chi connectivity index (χ0n) is 15.8. The maximum Gasteiger partial charge on any atom is 0.192 e. The summed E-state index contributed by atoms with van der Waals surface area (Å²) in [5.74, 6) is 2.42. The maximum atomic E-state index is 5.08. The molecule has 0 aliphatic heterocycles. The van der Waals surface area contributed by atoms with Crippen LogP contribution in [-0.2, 0) is 24.9 Å². The van der Waals surface area contributed by atoms with Gasteiger partial charge in [-0.25, -0.2) is 9.98 Å². The molecule has 2 heterocycles. The van der Waals surface area contributed by atoms with E-state index < -0.39 is 0 Å². The highest BCUT2D eigenvalue weighted by Crippen LogP contribution is 2.18. The Morgan fingerprint density at radius 2 is 2.12 bits per heavy atom. The third kappa shape index (κ3) is 6.68. The van der Waals surface area contributed by atoms with Crippen molar-refractivity contribution >= 4 is 46.4 Å². The number of aromatic nitrogens is 4. The first-order valence-corrected chi connectivity index (χ1v) is 8.87. The van der Waals surface area contributed by atoms with Crippen LogP contribution in [0.3, 0.4) is 0 Å². The van der Waals surface area contributed by atoms with Gasteiger partial charge in [0.25, 0.3) is 0 Å². The van der Waals surface area contributed by atoms with E-state index in [0.29, 0.717) is 32.2 Å². The highest BCUT2D eigenvalue weighted by atomic mass is 127. The standard InChI is InChI=1S/C15H26N8OS.HI/c1-11-20-21-13(23(11)4)9-18-14(16-6-7-24-5)17-8-12-10-25-15(19-12)22(2)3;/h10H,6-9H2,1-5H3,(H2,16,17,18);1H. The molecule has 9 nitrogen and oxygen atoms in total. The Morgan fingerprint density at radius 1 is 1.35 bits per heavy atom. The van der Waals surface area contributed by atoms with Gasteiger partial charge in [0.2, 0.25) is 0 Å². The molecule has 0 aliphatic carbocycles. The van der Waals surface area contributed by atoms with Gasteiger partial charge in [-0.2, -0.15) is 0 Å². The molecule has 2 aromatic heterocycles. The molecule has 11 heteroatoms. The van der Waals surface area contributed by atoms with E-state index in [1.807, 2.05) is 42.9 Å². The van der Waals surface area contributed by atoms with Crippen molar-refractivity contribution in [2.24, 2.45) is 12.0 Å². The van der Waals surface area contributed by atoms with Crippen molar-refractivity contribution in [3.8, 4) is 0 Å². The molecule has 0 spiro atoms. The number of thiazole rings is 1. The molecule has 2 N–H and O–H groups in total. The molecule has 0 unspecified atom stereocenters. The summed E-state index contributed by atoms with van der Waals surface area (Å²) in [4.78, 5) is 11.1. The minimum absolute atomic E-state index is 0. The summed E-state index contributed by atoms with van der Waals surface area (Å²) in [6.45, 7) is 4.24. The maximum absolute atomic E-state index is 5.08. The summed E-state index contributed by atoms with van der Waals surface area (Å²) < 4.78 is 7.03. The van der Waals surface area contributed by atoms with Crippen LogP contribution in [0.15, 0.2) is 10.4 Å². The van der Waals surface area contributed by atoms with E-state index in [-0.39, 0.29) is 24.0 Å². The lowest BCUT2D eigenvalue weighted by atomic mass is 10.5. The minimum Gasteiger partial charge on any atom is -0.383 e. The highest BCUT2D eigenvalue weighted by Gasteiger charge is 2.07. The molecule has 26 heavy (non-hydrogen) atoms. The number of anilines is 1. The first kappa shape index (κ1) is 22.6. The minimum atomic E-state index is 0. The van der Waals surface area contributed by atoms with Gasteiger partial charge >= 0.3 is 0 Å². The van der Waals surface area contributed by atoms with Crippen LogP contribution in [-0.4, -0.2) is 60.1 Å². The second-order valence-corrected chi connectivity index (χ2v) is 6.51. The van der Waals surface area contributed by atoms with Crippen LogP contribution in [0.25, 0.3) is 0 Å². The number of halogens is 1. The van der Waals surface area contributed by atoms with Crippen LogP contribution in [0.5, 0.6) is 0 Å². The number of nitrogens with zero attached hydrogens (tertiary/aromatic N) is 6. The second kappa shape index (κ2) is 11.3. The SMILES string of the molecule is COCCNC(=NCc1csc(N(C)C)n1)NCc1nnc(C)n1C.I. The summed E-state index contributed by atoms with van der Waals surface area (Å²) in [6.07, 6.45) is 0. The molecule has 146 valence electrons. The molecule has 2 aromatic rings. The number of guanidine groups is 1. The van der Waals surface area contributed by atoms with E-state index in [4.69, 9.17) is 4.74 Å². The molecule has 0 bridgehead atoms. The number of methoxy groups -OCH3 is 1. The Kier molecular flexibility index (Phi) is 9.80. The molecule has 0 saturated heterocycles. The van der Waals surface area contributed by atoms with Gasteiger partial charge < -0.3 is 24.8 Å². The van der Waals surface area contributed by atoms with Gasteiger partial charge in [-0.1, -0.05) is 0 Å². The van der Waals surface area contributed by atoms with Crippen molar-refractivity contribution in [1.29, 1.82) is 0 Å². The van der Waals surface area contributed by atoms with Gasteiger partial charge in [0.1, 0.15) is 5.82 Å². The van der Waals surface area contributed by atoms with Crippen LogP contribution in [0, 0.1) is 6.92 Å². The fourth-order valence-corrected chi connectivity index (χ4v) is 2.70. The Bertz CT molecular complexity index is 700. The largest absolute Gasteiger partial charge is 0.383 e. The molecule has 0 aliphatic rings. The van der Waals surface area contributed by atoms with E-state index in [1.165, 1.54) is 0 Å². The fraction of sp³-hybridized carbons (Fsp3) is 0.600. The van der Waals surface area contributed by atoms with Gasteiger partial charge in [0.15, 0.2) is 16.9 Å². The quantitative estimate of drug-likeness (QED) is 0.246. The lowest BCUT2D eigenvalue weighted by Gasteiger charge is -2.12. The van der Waals surface area contributed by atoms with Crippen molar-refractivity contribution < 1.29 is 4.74 Å². The van der Waals surface area contributed by atoms with Crippen LogP contribution in [0.4, 0.5) is 5.13 Å². The normalized spacial score (nSPS) is 11.2. The molecule has 0 radical (unpaired) electrons. The monoisotopic (exact) mass is 494 g/mol. The zero-order valence-corrected chi connectivity index (χ0v) is 19.0. The van der Waals surface area contributed by atoms with Gasteiger partial charge in [-0.3, -0.25) is 0 Å². The molecular weight excluding hydrogens is 467 g/mol. The topological polar surface area (TPSA) is 92.5 Å². The Labute approximate surface area is 175 Å².